The topological polar surface area (TPSA) is 3.24 Å². The fourth-order valence-corrected chi connectivity index (χ4v) is 1.91. The summed E-state index contributed by atoms with van der Waals surface area (Å²) >= 11 is 0. The third-order valence-corrected chi connectivity index (χ3v) is 2.61. The van der Waals surface area contributed by atoms with Crippen LogP contribution < -0.4 is 4.90 Å². The smallest absolute Gasteiger partial charge is 0.149 e. The normalized spacial score (nSPS) is 15.4. The Morgan fingerprint density at radius 1 is 0.938 bits per heavy atom. The molecule has 1 aliphatic rings. The maximum Gasteiger partial charge on any atom is 0.149 e. The van der Waals surface area contributed by atoms with E-state index in [0.29, 0.717) is 0 Å². The highest BCUT2D eigenvalue weighted by molar-refractivity contribution is 5.49. The molecule has 0 saturated carbocycles. The van der Waals surface area contributed by atoms with Crippen LogP contribution >= 0.6 is 0 Å². The molecule has 0 aromatic heterocycles. The average molecular weight is 227 g/mol. The molecule has 0 radical (unpaired) electrons. The van der Waals surface area contributed by atoms with E-state index in [-0.39, 0.29) is 5.69 Å². The third kappa shape index (κ3) is 2.94. The van der Waals surface area contributed by atoms with Crippen molar-refractivity contribution < 1.29 is 8.78 Å². The van der Waals surface area contributed by atoms with Crippen LogP contribution in [-0.2, 0) is 0 Å². The van der Waals surface area contributed by atoms with E-state index >= 15 is 0 Å². The van der Waals surface area contributed by atoms with Crippen LogP contribution in [0.5, 0.6) is 0 Å². The monoisotopic (exact) mass is 227 g/mol. The predicted octanol–water partition coefficient (Wildman–Crippen LogP) is 3.98. The number of halogens is 2. The first-order valence-corrected chi connectivity index (χ1v) is 5.98. The number of para-hydroxylation sites is 1. The van der Waals surface area contributed by atoms with E-state index in [0.717, 1.165) is 32.4 Å². The van der Waals surface area contributed by atoms with Crippen LogP contribution in [0.4, 0.5) is 14.5 Å². The molecule has 1 aliphatic heterocycles. The molecule has 1 fully saturated rings. The highest BCUT2D eigenvalue weighted by Gasteiger charge is 2.18. The van der Waals surface area contributed by atoms with E-state index in [1.54, 1.807) is 4.90 Å². The van der Waals surface area contributed by atoms with Gasteiger partial charge in [-0.3, -0.25) is 0 Å². The average Bonchev–Trinajstić information content (AvgIpc) is 2.33. The molecule has 0 spiro atoms. The molecule has 16 heavy (non-hydrogen) atoms. The van der Waals surface area contributed by atoms with Crippen molar-refractivity contribution in [2.45, 2.75) is 33.1 Å². The van der Waals surface area contributed by atoms with Crippen LogP contribution in [0.2, 0.25) is 0 Å². The second-order valence-corrected chi connectivity index (χ2v) is 3.62. The van der Waals surface area contributed by atoms with E-state index < -0.39 is 11.6 Å². The Bertz CT molecular complexity index is 299. The second kappa shape index (κ2) is 6.46. The standard InChI is InChI=1S/C11H13F2N.C2H6/c12-9-5-4-6-10(13)11(9)14-7-2-1-3-8-14;1-2/h4-6H,1-3,7-8H2;1-2H3. The molecule has 1 nitrogen and oxygen atoms in total. The molecular weight excluding hydrogens is 208 g/mol. The number of hydrogen-bond acceptors (Lipinski definition) is 1. The van der Waals surface area contributed by atoms with Crippen molar-refractivity contribution in [3.05, 3.63) is 29.8 Å². The Morgan fingerprint density at radius 2 is 1.44 bits per heavy atom. The zero-order valence-electron chi connectivity index (χ0n) is 9.97. The number of benzene rings is 1. The number of rotatable bonds is 1. The van der Waals surface area contributed by atoms with Crippen molar-refractivity contribution >= 4 is 5.69 Å². The number of anilines is 1. The van der Waals surface area contributed by atoms with Gasteiger partial charge >= 0.3 is 0 Å². The van der Waals surface area contributed by atoms with Gasteiger partial charge in [-0.25, -0.2) is 8.78 Å². The molecule has 1 saturated heterocycles. The Balaban J connectivity index is 0.000000606. The van der Waals surface area contributed by atoms with E-state index in [1.165, 1.54) is 18.2 Å². The van der Waals surface area contributed by atoms with Crippen LogP contribution in [0.15, 0.2) is 18.2 Å². The summed E-state index contributed by atoms with van der Waals surface area (Å²) in [6, 6.07) is 4.03. The Labute approximate surface area is 96.1 Å². The molecule has 0 atom stereocenters. The van der Waals surface area contributed by atoms with Gasteiger partial charge in [-0.05, 0) is 31.4 Å². The molecule has 90 valence electrons. The van der Waals surface area contributed by atoms with Crippen LogP contribution in [0.3, 0.4) is 0 Å². The van der Waals surface area contributed by atoms with E-state index in [1.807, 2.05) is 13.8 Å². The maximum absolute atomic E-state index is 13.4. The third-order valence-electron chi connectivity index (χ3n) is 2.61. The molecule has 0 N–H and O–H groups in total. The SMILES string of the molecule is CC.Fc1cccc(F)c1N1CCCCC1. The lowest BCUT2D eigenvalue weighted by molar-refractivity contribution is 0.531. The van der Waals surface area contributed by atoms with Gasteiger partial charge in [0.25, 0.3) is 0 Å². The van der Waals surface area contributed by atoms with Gasteiger partial charge in [0.1, 0.15) is 17.3 Å². The van der Waals surface area contributed by atoms with Gasteiger partial charge < -0.3 is 4.90 Å². The molecular formula is C13H19F2N. The second-order valence-electron chi connectivity index (χ2n) is 3.62. The van der Waals surface area contributed by atoms with Gasteiger partial charge in [-0.2, -0.15) is 0 Å². The molecule has 1 heterocycles. The molecule has 0 bridgehead atoms. The Hall–Kier alpha value is -1.12. The van der Waals surface area contributed by atoms with Crippen molar-refractivity contribution in [3.63, 3.8) is 0 Å². The highest BCUT2D eigenvalue weighted by atomic mass is 19.1. The fourth-order valence-electron chi connectivity index (χ4n) is 1.91. The molecule has 0 unspecified atom stereocenters. The maximum atomic E-state index is 13.4. The Morgan fingerprint density at radius 3 is 1.94 bits per heavy atom. The minimum Gasteiger partial charge on any atom is -0.367 e. The minimum absolute atomic E-state index is 0.146. The van der Waals surface area contributed by atoms with Gasteiger partial charge in [-0.1, -0.05) is 19.9 Å². The molecule has 0 aliphatic carbocycles. The number of piperidine rings is 1. The lowest BCUT2D eigenvalue weighted by atomic mass is 10.1. The number of hydrogen-bond donors (Lipinski definition) is 0. The summed E-state index contributed by atoms with van der Waals surface area (Å²) in [4.78, 5) is 1.80. The van der Waals surface area contributed by atoms with Gasteiger partial charge in [-0.15, -0.1) is 0 Å². The number of nitrogens with zero attached hydrogens (tertiary/aromatic N) is 1. The summed E-state index contributed by atoms with van der Waals surface area (Å²) in [7, 11) is 0. The molecule has 0 amide bonds. The first kappa shape index (κ1) is 12.9. The van der Waals surface area contributed by atoms with Gasteiger partial charge in [0.05, 0.1) is 0 Å². The minimum atomic E-state index is -0.452. The molecule has 3 heteroatoms. The lowest BCUT2D eigenvalue weighted by Crippen LogP contribution is -2.30. The van der Waals surface area contributed by atoms with Gasteiger partial charge in [0.15, 0.2) is 0 Å². The van der Waals surface area contributed by atoms with Crippen LogP contribution in [0.1, 0.15) is 33.1 Å². The largest absolute Gasteiger partial charge is 0.367 e. The first-order chi connectivity index (χ1) is 7.79. The summed E-state index contributed by atoms with van der Waals surface area (Å²) in [5.41, 5.74) is 0.146. The van der Waals surface area contributed by atoms with Crippen molar-refractivity contribution in [2.75, 3.05) is 18.0 Å². The Kier molecular flexibility index (Phi) is 5.23. The summed E-state index contributed by atoms with van der Waals surface area (Å²) in [5.74, 6) is -0.904. The first-order valence-electron chi connectivity index (χ1n) is 5.98. The summed E-state index contributed by atoms with van der Waals surface area (Å²) < 4.78 is 26.7. The molecule has 2 rings (SSSR count). The van der Waals surface area contributed by atoms with E-state index in [2.05, 4.69) is 0 Å². The molecule has 1 aromatic carbocycles. The zero-order chi connectivity index (χ0) is 12.0. The molecule has 1 aromatic rings. The van der Waals surface area contributed by atoms with Crippen molar-refractivity contribution in [3.8, 4) is 0 Å². The van der Waals surface area contributed by atoms with Crippen LogP contribution in [-0.4, -0.2) is 13.1 Å². The van der Waals surface area contributed by atoms with Crippen LogP contribution in [0.25, 0.3) is 0 Å². The van der Waals surface area contributed by atoms with Gasteiger partial charge in [0.2, 0.25) is 0 Å². The quantitative estimate of drug-likeness (QED) is 0.701. The zero-order valence-corrected chi connectivity index (χ0v) is 9.97. The summed E-state index contributed by atoms with van der Waals surface area (Å²) in [5, 5.41) is 0. The highest BCUT2D eigenvalue weighted by Crippen LogP contribution is 2.25. The van der Waals surface area contributed by atoms with Crippen molar-refractivity contribution in [1.29, 1.82) is 0 Å². The van der Waals surface area contributed by atoms with Crippen molar-refractivity contribution in [2.24, 2.45) is 0 Å². The fraction of sp³-hybridized carbons (Fsp3) is 0.538. The van der Waals surface area contributed by atoms with Crippen molar-refractivity contribution in [1.82, 2.24) is 0 Å². The predicted molar refractivity (Wildman–Crippen MR) is 63.8 cm³/mol. The van der Waals surface area contributed by atoms with E-state index in [9.17, 15) is 8.78 Å². The summed E-state index contributed by atoms with van der Waals surface area (Å²) in [6.45, 7) is 5.52. The van der Waals surface area contributed by atoms with Gasteiger partial charge in [0, 0.05) is 13.1 Å². The summed E-state index contributed by atoms with van der Waals surface area (Å²) in [6.07, 6.45) is 3.20. The van der Waals surface area contributed by atoms with Crippen LogP contribution in [0, 0.1) is 11.6 Å². The lowest BCUT2D eigenvalue weighted by Gasteiger charge is -2.29. The van der Waals surface area contributed by atoms with E-state index in [4.69, 9.17) is 0 Å².